The van der Waals surface area contributed by atoms with Crippen LogP contribution in [0.5, 0.6) is 5.75 Å². The number of carbonyl (C=O) groups excluding carboxylic acids is 2. The van der Waals surface area contributed by atoms with Gasteiger partial charge < -0.3 is 14.5 Å². The van der Waals surface area contributed by atoms with Crippen molar-refractivity contribution in [2.24, 2.45) is 0 Å². The van der Waals surface area contributed by atoms with Crippen molar-refractivity contribution in [2.75, 3.05) is 11.4 Å². The van der Waals surface area contributed by atoms with Gasteiger partial charge in [-0.15, -0.1) is 0 Å². The summed E-state index contributed by atoms with van der Waals surface area (Å²) in [7, 11) is -4.61. The SMILES string of the molecule is CCCC(N1/C(=C2/SC(=S)[N+]3(CC3NC(C)=O)C2=O)Oc2ccc(-c3cc4ccccc4o3)cc21)S(=O)(=O)O. The molecule has 4 heterocycles. The predicted molar refractivity (Wildman–Crippen MR) is 150 cm³/mol. The number of fused-ring (bicyclic) bond motifs is 2. The summed E-state index contributed by atoms with van der Waals surface area (Å²) >= 11 is 6.56. The number of nitrogens with one attached hydrogen (secondary N) is 1. The predicted octanol–water partition coefficient (Wildman–Crippen LogP) is 4.33. The Kier molecular flexibility index (Phi) is 6.11. The summed E-state index contributed by atoms with van der Waals surface area (Å²) in [6, 6.07) is 14.6. The van der Waals surface area contributed by atoms with Gasteiger partial charge in [-0.05, 0) is 60.7 Å². The molecule has 13 heteroatoms. The van der Waals surface area contributed by atoms with Gasteiger partial charge in [0.2, 0.25) is 22.3 Å². The molecule has 0 bridgehead atoms. The Morgan fingerprint density at radius 1 is 1.28 bits per heavy atom. The van der Waals surface area contributed by atoms with Crippen LogP contribution < -0.4 is 15.0 Å². The van der Waals surface area contributed by atoms with Crippen LogP contribution in [0.4, 0.5) is 5.69 Å². The Bertz CT molecular complexity index is 1680. The van der Waals surface area contributed by atoms with E-state index < -0.39 is 21.7 Å². The van der Waals surface area contributed by atoms with Crippen LogP contribution in [0.2, 0.25) is 0 Å². The van der Waals surface area contributed by atoms with E-state index in [-0.39, 0.29) is 33.5 Å². The molecule has 0 aliphatic carbocycles. The Hall–Kier alpha value is -3.23. The van der Waals surface area contributed by atoms with Crippen LogP contribution >= 0.6 is 24.0 Å². The molecule has 2 amide bonds. The fourth-order valence-electron chi connectivity index (χ4n) is 5.09. The maximum absolute atomic E-state index is 13.7. The van der Waals surface area contributed by atoms with E-state index in [9.17, 15) is 22.6 Å². The molecule has 2 fully saturated rings. The van der Waals surface area contributed by atoms with Gasteiger partial charge in [-0.3, -0.25) is 14.2 Å². The fraction of sp³-hybridized carbons (Fsp3) is 0.269. The van der Waals surface area contributed by atoms with E-state index >= 15 is 0 Å². The van der Waals surface area contributed by atoms with E-state index in [0.29, 0.717) is 45.6 Å². The van der Waals surface area contributed by atoms with Gasteiger partial charge in [0, 0.05) is 17.9 Å². The zero-order valence-electron chi connectivity index (χ0n) is 20.9. The third-order valence-corrected chi connectivity index (χ3v) is 9.78. The molecule has 1 aromatic heterocycles. The van der Waals surface area contributed by atoms with Crippen LogP contribution in [-0.4, -0.2) is 51.7 Å². The maximum Gasteiger partial charge on any atom is 0.366 e. The molecule has 3 aromatic rings. The van der Waals surface area contributed by atoms with Gasteiger partial charge in [0.05, 0.1) is 5.69 Å². The molecular weight excluding hydrogens is 563 g/mol. The van der Waals surface area contributed by atoms with Gasteiger partial charge in [-0.25, -0.2) is 4.79 Å². The lowest BCUT2D eigenvalue weighted by Gasteiger charge is -2.26. The van der Waals surface area contributed by atoms with Crippen molar-refractivity contribution >= 4 is 66.9 Å². The Balaban J connectivity index is 1.48. The number of benzene rings is 2. The quantitative estimate of drug-likeness (QED) is 0.142. The summed E-state index contributed by atoms with van der Waals surface area (Å²) in [5.74, 6) is 0.209. The van der Waals surface area contributed by atoms with Gasteiger partial charge >= 0.3 is 5.91 Å². The van der Waals surface area contributed by atoms with Crippen LogP contribution in [-0.2, 0) is 19.7 Å². The highest BCUT2D eigenvalue weighted by Gasteiger charge is 2.71. The zero-order chi connectivity index (χ0) is 27.7. The first-order chi connectivity index (χ1) is 18.5. The molecule has 2 saturated heterocycles. The number of furan rings is 1. The molecule has 202 valence electrons. The number of rotatable bonds is 6. The molecule has 1 spiro atoms. The third kappa shape index (κ3) is 4.16. The summed E-state index contributed by atoms with van der Waals surface area (Å²) in [6.45, 7) is 3.47. The number of para-hydroxylation sites is 1. The molecule has 0 radical (unpaired) electrons. The molecule has 39 heavy (non-hydrogen) atoms. The van der Waals surface area contributed by atoms with Crippen molar-refractivity contribution < 1.29 is 36.2 Å². The molecular formula is C26H24N3O7S3+. The van der Waals surface area contributed by atoms with Crippen LogP contribution in [0.25, 0.3) is 22.3 Å². The van der Waals surface area contributed by atoms with E-state index in [1.165, 1.54) is 11.8 Å². The van der Waals surface area contributed by atoms with Crippen molar-refractivity contribution in [3.63, 3.8) is 0 Å². The molecule has 2 aromatic carbocycles. The summed E-state index contributed by atoms with van der Waals surface area (Å²) in [5, 5.41) is 2.24. The third-order valence-electron chi connectivity index (χ3n) is 7.02. The van der Waals surface area contributed by atoms with Gasteiger partial charge in [-0.2, -0.15) is 12.9 Å². The lowest BCUT2D eigenvalue weighted by atomic mass is 10.1. The van der Waals surface area contributed by atoms with E-state index in [0.717, 1.165) is 17.1 Å². The average molecular weight is 587 g/mol. The summed E-state index contributed by atoms with van der Waals surface area (Å²) in [6.07, 6.45) is 0.0233. The fourth-order valence-corrected chi connectivity index (χ4v) is 7.73. The lowest BCUT2D eigenvalue weighted by Crippen LogP contribution is -2.42. The standard InChI is InChI=1S/C26H23N3O7S3/c1-3-6-22(39(32,33)34)28-17-11-16(20-12-15-7-4-5-8-18(15)35-20)9-10-19(17)36-24(28)23-25(31)29(26(37)38-23)13-21(29)27-14(2)30/h4-5,7-12,21-22H,3,6,13H2,1-2H3,(H-,27,30,32,33,34)/p+1/b24-23-. The van der Waals surface area contributed by atoms with Crippen molar-refractivity contribution in [3.05, 3.63) is 59.3 Å². The summed E-state index contributed by atoms with van der Waals surface area (Å²) in [4.78, 5) is 26.8. The average Bonchev–Trinajstić information content (AvgIpc) is 3.16. The van der Waals surface area contributed by atoms with Crippen molar-refractivity contribution in [1.82, 2.24) is 5.32 Å². The summed E-state index contributed by atoms with van der Waals surface area (Å²) in [5.41, 5.74) is 1.73. The van der Waals surface area contributed by atoms with Crippen molar-refractivity contribution in [1.29, 1.82) is 0 Å². The second-order valence-corrected chi connectivity index (χ2v) is 12.9. The maximum atomic E-state index is 13.7. The first kappa shape index (κ1) is 26.0. The smallest absolute Gasteiger partial charge is 0.366 e. The highest BCUT2D eigenvalue weighted by molar-refractivity contribution is 8.26. The number of carbonyl (C=O) groups is 2. The Morgan fingerprint density at radius 2 is 2.05 bits per heavy atom. The van der Waals surface area contributed by atoms with Crippen molar-refractivity contribution in [3.8, 4) is 17.1 Å². The first-order valence-corrected chi connectivity index (χ1v) is 15.0. The molecule has 0 saturated carbocycles. The molecule has 3 atom stereocenters. The monoisotopic (exact) mass is 586 g/mol. The number of thioether (sulfide) groups is 1. The van der Waals surface area contributed by atoms with Crippen LogP contribution in [0.3, 0.4) is 0 Å². The van der Waals surface area contributed by atoms with Gasteiger partial charge in [0.1, 0.15) is 11.3 Å². The largest absolute Gasteiger partial charge is 0.456 e. The lowest BCUT2D eigenvalue weighted by molar-refractivity contribution is -0.621. The number of amides is 2. The topological polar surface area (TPSA) is 126 Å². The number of quaternary nitrogens is 1. The van der Waals surface area contributed by atoms with Crippen LogP contribution in [0.1, 0.15) is 26.7 Å². The second kappa shape index (κ2) is 9.17. The minimum Gasteiger partial charge on any atom is -0.456 e. The van der Waals surface area contributed by atoms with Crippen LogP contribution in [0, 0.1) is 0 Å². The molecule has 2 N–H and O–H groups in total. The number of ether oxygens (including phenoxy) is 1. The van der Waals surface area contributed by atoms with Gasteiger partial charge in [-0.1, -0.05) is 31.5 Å². The summed E-state index contributed by atoms with van der Waals surface area (Å²) < 4.78 is 47.8. The van der Waals surface area contributed by atoms with Crippen molar-refractivity contribution in [2.45, 2.75) is 38.2 Å². The highest BCUT2D eigenvalue weighted by atomic mass is 32.2. The molecule has 3 aliphatic rings. The van der Waals surface area contributed by atoms with Gasteiger partial charge in [0.25, 0.3) is 10.1 Å². The second-order valence-electron chi connectivity index (χ2n) is 9.64. The molecule has 3 aliphatic heterocycles. The van der Waals surface area contributed by atoms with Crippen LogP contribution in [0.15, 0.2) is 63.7 Å². The molecule has 3 unspecified atom stereocenters. The molecule has 6 rings (SSSR count). The number of hydrogen-bond acceptors (Lipinski definition) is 9. The first-order valence-electron chi connectivity index (χ1n) is 12.3. The number of nitrogens with zero attached hydrogens (tertiary/aromatic N) is 2. The Labute approximate surface area is 233 Å². The van der Waals surface area contributed by atoms with E-state index in [1.807, 2.05) is 30.3 Å². The minimum atomic E-state index is -4.61. The number of thiocarbonyl (C=S) groups is 1. The minimum absolute atomic E-state index is 0.0105. The zero-order valence-corrected chi connectivity index (χ0v) is 23.4. The number of anilines is 1. The molecule has 10 nitrogen and oxygen atoms in total. The van der Waals surface area contributed by atoms with E-state index in [4.69, 9.17) is 21.4 Å². The van der Waals surface area contributed by atoms with Gasteiger partial charge in [0.15, 0.2) is 22.6 Å². The highest BCUT2D eigenvalue weighted by Crippen LogP contribution is 2.52. The normalized spacial score (nSPS) is 24.8. The van der Waals surface area contributed by atoms with E-state index in [1.54, 1.807) is 25.1 Å². The van der Waals surface area contributed by atoms with E-state index in [2.05, 4.69) is 5.32 Å². The Morgan fingerprint density at radius 3 is 2.74 bits per heavy atom. The number of hydrogen-bond donors (Lipinski definition) is 2.